The molecule has 5 heteroatoms. The minimum absolute atomic E-state index is 0.503. The van der Waals surface area contributed by atoms with Crippen LogP contribution in [0.1, 0.15) is 17.4 Å². The van der Waals surface area contributed by atoms with Crippen LogP contribution in [0.3, 0.4) is 0 Å². The Labute approximate surface area is 138 Å². The van der Waals surface area contributed by atoms with Crippen LogP contribution in [0.15, 0.2) is 54.0 Å². The highest BCUT2D eigenvalue weighted by molar-refractivity contribution is 7.20. The number of aliphatic hydroxyl groups is 1. The Kier molecular flexibility index (Phi) is 4.69. The molecule has 2 heterocycles. The van der Waals surface area contributed by atoms with E-state index in [4.69, 9.17) is 0 Å². The molecule has 0 aliphatic carbocycles. The van der Waals surface area contributed by atoms with E-state index in [0.717, 1.165) is 10.6 Å². The Hall–Kier alpha value is -1.53. The third-order valence-corrected chi connectivity index (χ3v) is 5.49. The number of hydrogen-bond acceptors (Lipinski definition) is 5. The minimum Gasteiger partial charge on any atom is -0.384 e. The molecule has 1 atom stereocenters. The van der Waals surface area contributed by atoms with E-state index in [0.29, 0.717) is 13.1 Å². The molecular weight excluding hydrogens is 312 g/mol. The van der Waals surface area contributed by atoms with Crippen molar-refractivity contribution in [1.29, 1.82) is 0 Å². The van der Waals surface area contributed by atoms with E-state index < -0.39 is 5.60 Å². The Balaban J connectivity index is 1.57. The molecule has 22 heavy (non-hydrogen) atoms. The lowest BCUT2D eigenvalue weighted by Gasteiger charge is -2.24. The molecule has 0 radical (unpaired) electrons. The van der Waals surface area contributed by atoms with Crippen LogP contribution in [0.5, 0.6) is 0 Å². The van der Waals surface area contributed by atoms with Crippen LogP contribution < -0.4 is 5.32 Å². The molecule has 0 bridgehead atoms. The van der Waals surface area contributed by atoms with Gasteiger partial charge in [0.05, 0.1) is 10.5 Å². The van der Waals surface area contributed by atoms with Gasteiger partial charge < -0.3 is 10.4 Å². The average Bonchev–Trinajstić information content (AvgIpc) is 3.19. The highest BCUT2D eigenvalue weighted by Gasteiger charge is 2.22. The number of hydrogen-bond donors (Lipinski definition) is 2. The van der Waals surface area contributed by atoms with Gasteiger partial charge in [0.15, 0.2) is 0 Å². The lowest BCUT2D eigenvalue weighted by Crippen LogP contribution is -2.34. The number of rotatable bonds is 6. The highest BCUT2D eigenvalue weighted by atomic mass is 32.1. The van der Waals surface area contributed by atoms with Gasteiger partial charge >= 0.3 is 0 Å². The standard InChI is InChI=1S/C17H18N2OS2/c1-17(20,13-6-3-2-4-7-13)12-18-10-14-11-19-16(22-14)15-8-5-9-21-15/h2-9,11,18,20H,10,12H2,1H3. The summed E-state index contributed by atoms with van der Waals surface area (Å²) in [5.41, 5.74) is 0.0498. The second-order valence-corrected chi connectivity index (χ2v) is 7.42. The zero-order valence-corrected chi connectivity index (χ0v) is 14.0. The first kappa shape index (κ1) is 15.4. The van der Waals surface area contributed by atoms with Gasteiger partial charge in [-0.05, 0) is 23.9 Å². The summed E-state index contributed by atoms with van der Waals surface area (Å²) in [7, 11) is 0. The molecule has 1 aromatic carbocycles. The maximum atomic E-state index is 10.5. The van der Waals surface area contributed by atoms with Gasteiger partial charge in [0.25, 0.3) is 0 Å². The highest BCUT2D eigenvalue weighted by Crippen LogP contribution is 2.29. The van der Waals surface area contributed by atoms with Gasteiger partial charge in [0.1, 0.15) is 5.01 Å². The third kappa shape index (κ3) is 3.62. The molecule has 2 aromatic heterocycles. The molecule has 1 unspecified atom stereocenters. The summed E-state index contributed by atoms with van der Waals surface area (Å²) in [6.07, 6.45) is 1.91. The van der Waals surface area contributed by atoms with Crippen LogP contribution in [-0.2, 0) is 12.1 Å². The van der Waals surface area contributed by atoms with E-state index >= 15 is 0 Å². The SMILES string of the molecule is CC(O)(CNCc1cnc(-c2cccs2)s1)c1ccccc1. The number of benzene rings is 1. The molecule has 0 spiro atoms. The van der Waals surface area contributed by atoms with Crippen molar-refractivity contribution in [3.05, 3.63) is 64.5 Å². The normalized spacial score (nSPS) is 13.9. The van der Waals surface area contributed by atoms with Crippen molar-refractivity contribution in [3.63, 3.8) is 0 Å². The lowest BCUT2D eigenvalue weighted by atomic mass is 9.96. The zero-order valence-electron chi connectivity index (χ0n) is 12.3. The van der Waals surface area contributed by atoms with E-state index in [1.165, 1.54) is 9.75 Å². The molecule has 2 N–H and O–H groups in total. The maximum Gasteiger partial charge on any atom is 0.133 e. The summed E-state index contributed by atoms with van der Waals surface area (Å²) in [6.45, 7) is 3.05. The van der Waals surface area contributed by atoms with Gasteiger partial charge in [-0.1, -0.05) is 36.4 Å². The van der Waals surface area contributed by atoms with Crippen molar-refractivity contribution in [2.24, 2.45) is 0 Å². The predicted octanol–water partition coefficient (Wildman–Crippen LogP) is 3.87. The van der Waals surface area contributed by atoms with Crippen molar-refractivity contribution < 1.29 is 5.11 Å². The molecule has 0 saturated carbocycles. The van der Waals surface area contributed by atoms with Gasteiger partial charge in [0, 0.05) is 24.2 Å². The Morgan fingerprint density at radius 3 is 2.73 bits per heavy atom. The second kappa shape index (κ2) is 6.71. The quantitative estimate of drug-likeness (QED) is 0.721. The average molecular weight is 330 g/mol. The fourth-order valence-corrected chi connectivity index (χ4v) is 3.92. The molecule has 3 rings (SSSR count). The number of thiazole rings is 1. The van der Waals surface area contributed by atoms with E-state index in [1.54, 1.807) is 22.7 Å². The smallest absolute Gasteiger partial charge is 0.133 e. The molecule has 114 valence electrons. The molecule has 0 amide bonds. The van der Waals surface area contributed by atoms with Crippen molar-refractivity contribution >= 4 is 22.7 Å². The number of thiophene rings is 1. The van der Waals surface area contributed by atoms with Crippen LogP contribution in [0, 0.1) is 0 Å². The van der Waals surface area contributed by atoms with Gasteiger partial charge in [0.2, 0.25) is 0 Å². The molecule has 0 aliphatic rings. The monoisotopic (exact) mass is 330 g/mol. The first-order valence-corrected chi connectivity index (χ1v) is 8.82. The van der Waals surface area contributed by atoms with E-state index in [2.05, 4.69) is 21.7 Å². The number of nitrogens with one attached hydrogen (secondary N) is 1. The summed E-state index contributed by atoms with van der Waals surface area (Å²) in [4.78, 5) is 6.83. The number of aromatic nitrogens is 1. The molecule has 3 nitrogen and oxygen atoms in total. The first-order valence-electron chi connectivity index (χ1n) is 7.12. The Morgan fingerprint density at radius 1 is 1.18 bits per heavy atom. The van der Waals surface area contributed by atoms with E-state index in [-0.39, 0.29) is 0 Å². The summed E-state index contributed by atoms with van der Waals surface area (Å²) >= 11 is 3.39. The van der Waals surface area contributed by atoms with Crippen molar-refractivity contribution in [2.75, 3.05) is 6.54 Å². The van der Waals surface area contributed by atoms with Crippen LogP contribution >= 0.6 is 22.7 Å². The summed E-state index contributed by atoms with van der Waals surface area (Å²) in [5, 5.41) is 17.0. The van der Waals surface area contributed by atoms with E-state index in [1.807, 2.05) is 49.5 Å². The van der Waals surface area contributed by atoms with E-state index in [9.17, 15) is 5.11 Å². The molecule has 3 aromatic rings. The van der Waals surface area contributed by atoms with Crippen molar-refractivity contribution in [1.82, 2.24) is 10.3 Å². The first-order chi connectivity index (χ1) is 10.6. The molecular formula is C17H18N2OS2. The topological polar surface area (TPSA) is 45.1 Å². The fourth-order valence-electron chi connectivity index (χ4n) is 2.23. The lowest BCUT2D eigenvalue weighted by molar-refractivity contribution is 0.0567. The Bertz CT molecular complexity index is 705. The largest absolute Gasteiger partial charge is 0.384 e. The molecule has 0 aliphatic heterocycles. The van der Waals surface area contributed by atoms with Gasteiger partial charge in [-0.2, -0.15) is 0 Å². The zero-order chi connectivity index (χ0) is 15.4. The van der Waals surface area contributed by atoms with Gasteiger partial charge in [-0.3, -0.25) is 0 Å². The van der Waals surface area contributed by atoms with Crippen LogP contribution in [0.25, 0.3) is 9.88 Å². The third-order valence-electron chi connectivity index (χ3n) is 3.45. The summed E-state index contributed by atoms with van der Waals surface area (Å²) in [5.74, 6) is 0. The van der Waals surface area contributed by atoms with Gasteiger partial charge in [-0.25, -0.2) is 4.98 Å². The predicted molar refractivity (Wildman–Crippen MR) is 93.1 cm³/mol. The van der Waals surface area contributed by atoms with Crippen LogP contribution in [0.2, 0.25) is 0 Å². The second-order valence-electron chi connectivity index (χ2n) is 5.35. The summed E-state index contributed by atoms with van der Waals surface area (Å²) in [6, 6.07) is 13.9. The van der Waals surface area contributed by atoms with Gasteiger partial charge in [-0.15, -0.1) is 22.7 Å². The number of nitrogens with zero attached hydrogens (tertiary/aromatic N) is 1. The van der Waals surface area contributed by atoms with Crippen LogP contribution in [0.4, 0.5) is 0 Å². The van der Waals surface area contributed by atoms with Crippen molar-refractivity contribution in [2.45, 2.75) is 19.1 Å². The Morgan fingerprint density at radius 2 is 2.00 bits per heavy atom. The fraction of sp³-hybridized carbons (Fsp3) is 0.235. The maximum absolute atomic E-state index is 10.5. The summed E-state index contributed by atoms with van der Waals surface area (Å²) < 4.78 is 0. The van der Waals surface area contributed by atoms with Crippen LogP contribution in [-0.4, -0.2) is 16.6 Å². The van der Waals surface area contributed by atoms with Crippen molar-refractivity contribution in [3.8, 4) is 9.88 Å². The molecule has 0 saturated heterocycles. The minimum atomic E-state index is -0.872. The molecule has 0 fully saturated rings.